The molecule has 0 saturated heterocycles. The summed E-state index contributed by atoms with van der Waals surface area (Å²) in [6, 6.07) is 7.19. The summed E-state index contributed by atoms with van der Waals surface area (Å²) in [5, 5.41) is 2.90. The maximum Gasteiger partial charge on any atom is 0.322 e. The molecule has 1 aromatic rings. The first-order valence-corrected chi connectivity index (χ1v) is 7.00. The molecule has 3 N–H and O–H groups in total. The number of hydrogen-bond donors (Lipinski definition) is 2. The lowest BCUT2D eigenvalue weighted by Gasteiger charge is -2.37. The third-order valence-corrected chi connectivity index (χ3v) is 4.27. The minimum Gasteiger partial charge on any atom is -0.497 e. The maximum atomic E-state index is 12.3. The molecule has 0 atom stereocenters. The number of nitrogens with zero attached hydrogens (tertiary/aromatic N) is 1. The second-order valence-corrected chi connectivity index (χ2v) is 5.35. The van der Waals surface area contributed by atoms with Gasteiger partial charge in [0.1, 0.15) is 5.75 Å². The van der Waals surface area contributed by atoms with Crippen molar-refractivity contribution >= 4 is 11.7 Å². The highest BCUT2D eigenvalue weighted by atomic mass is 16.5. The van der Waals surface area contributed by atoms with E-state index >= 15 is 0 Å². The van der Waals surface area contributed by atoms with E-state index in [-0.39, 0.29) is 11.6 Å². The molecule has 1 saturated carbocycles. The van der Waals surface area contributed by atoms with Gasteiger partial charge in [0.15, 0.2) is 0 Å². The second kappa shape index (κ2) is 6.13. The summed E-state index contributed by atoms with van der Waals surface area (Å²) in [6.07, 6.45) is 4.24. The van der Waals surface area contributed by atoms with Crippen molar-refractivity contribution in [3.8, 4) is 5.75 Å². The zero-order valence-electron chi connectivity index (χ0n) is 12.2. The van der Waals surface area contributed by atoms with Crippen LogP contribution in [0.4, 0.5) is 10.5 Å². The lowest BCUT2D eigenvalue weighted by atomic mass is 9.96. The number of anilines is 1. The van der Waals surface area contributed by atoms with Crippen LogP contribution in [0.15, 0.2) is 24.3 Å². The van der Waals surface area contributed by atoms with E-state index in [4.69, 9.17) is 10.5 Å². The van der Waals surface area contributed by atoms with E-state index in [1.54, 1.807) is 12.0 Å². The van der Waals surface area contributed by atoms with Crippen molar-refractivity contribution in [2.75, 3.05) is 26.0 Å². The predicted molar refractivity (Wildman–Crippen MR) is 80.0 cm³/mol. The van der Waals surface area contributed by atoms with Gasteiger partial charge in [-0.2, -0.15) is 0 Å². The third kappa shape index (κ3) is 2.88. The van der Waals surface area contributed by atoms with Crippen molar-refractivity contribution < 1.29 is 9.53 Å². The molecule has 20 heavy (non-hydrogen) atoms. The molecular weight excluding hydrogens is 254 g/mol. The normalized spacial score (nSPS) is 16.8. The summed E-state index contributed by atoms with van der Waals surface area (Å²) in [5.74, 6) is 0.769. The van der Waals surface area contributed by atoms with Crippen LogP contribution in [0.25, 0.3) is 0 Å². The van der Waals surface area contributed by atoms with E-state index in [9.17, 15) is 4.79 Å². The lowest BCUT2D eigenvalue weighted by molar-refractivity contribution is 0.152. The number of hydrogen-bond acceptors (Lipinski definition) is 3. The molecule has 0 heterocycles. The van der Waals surface area contributed by atoms with Crippen LogP contribution in [0, 0.1) is 0 Å². The lowest BCUT2D eigenvalue weighted by Crippen LogP contribution is -2.53. The molecule has 2 amide bonds. The van der Waals surface area contributed by atoms with E-state index in [0.29, 0.717) is 6.54 Å². The Kier molecular flexibility index (Phi) is 4.49. The van der Waals surface area contributed by atoms with E-state index in [1.165, 1.54) is 0 Å². The van der Waals surface area contributed by atoms with Crippen LogP contribution in [-0.2, 0) is 0 Å². The van der Waals surface area contributed by atoms with Gasteiger partial charge >= 0.3 is 6.03 Å². The largest absolute Gasteiger partial charge is 0.497 e. The molecule has 0 radical (unpaired) electrons. The fraction of sp³-hybridized carbons (Fsp3) is 0.533. The highest BCUT2D eigenvalue weighted by molar-refractivity contribution is 5.89. The van der Waals surface area contributed by atoms with E-state index in [0.717, 1.165) is 37.1 Å². The number of carbonyl (C=O) groups is 1. The smallest absolute Gasteiger partial charge is 0.322 e. The first-order valence-electron chi connectivity index (χ1n) is 7.00. The highest BCUT2D eigenvalue weighted by Crippen LogP contribution is 2.34. The van der Waals surface area contributed by atoms with Crippen molar-refractivity contribution in [2.45, 2.75) is 31.2 Å². The van der Waals surface area contributed by atoms with E-state index in [2.05, 4.69) is 5.32 Å². The first kappa shape index (κ1) is 14.7. The molecule has 0 unspecified atom stereocenters. The standard InChI is InChI=1S/C15H23N3O2/c1-18(15(11-16)9-3-4-10-15)14(19)17-12-5-7-13(20-2)8-6-12/h5-8H,3-4,9-11,16H2,1-2H3,(H,17,19). The van der Waals surface area contributed by atoms with Gasteiger partial charge in [0.05, 0.1) is 12.6 Å². The number of ether oxygens (including phenoxy) is 1. The van der Waals surface area contributed by atoms with Crippen LogP contribution in [0.1, 0.15) is 25.7 Å². The van der Waals surface area contributed by atoms with Crippen molar-refractivity contribution in [3.05, 3.63) is 24.3 Å². The maximum absolute atomic E-state index is 12.3. The van der Waals surface area contributed by atoms with Crippen LogP contribution in [0.3, 0.4) is 0 Å². The van der Waals surface area contributed by atoms with Gasteiger partial charge in [0.2, 0.25) is 0 Å². The van der Waals surface area contributed by atoms with E-state index in [1.807, 2.05) is 31.3 Å². The van der Waals surface area contributed by atoms with Gasteiger partial charge in [0.25, 0.3) is 0 Å². The molecule has 0 aliphatic heterocycles. The fourth-order valence-corrected chi connectivity index (χ4v) is 2.81. The first-order chi connectivity index (χ1) is 9.61. The Hall–Kier alpha value is -1.75. The molecule has 1 aromatic carbocycles. The summed E-state index contributed by atoms with van der Waals surface area (Å²) in [7, 11) is 3.45. The summed E-state index contributed by atoms with van der Waals surface area (Å²) in [4.78, 5) is 14.1. The summed E-state index contributed by atoms with van der Waals surface area (Å²) in [6.45, 7) is 0.513. The van der Waals surface area contributed by atoms with Crippen LogP contribution in [0.5, 0.6) is 5.75 Å². The Labute approximate surface area is 120 Å². The van der Waals surface area contributed by atoms with Crippen molar-refractivity contribution in [1.29, 1.82) is 0 Å². The third-order valence-electron chi connectivity index (χ3n) is 4.27. The average Bonchev–Trinajstić information content (AvgIpc) is 2.97. The number of urea groups is 1. The summed E-state index contributed by atoms with van der Waals surface area (Å²) < 4.78 is 5.10. The molecule has 5 heteroatoms. The molecule has 2 rings (SSSR count). The second-order valence-electron chi connectivity index (χ2n) is 5.35. The van der Waals surface area contributed by atoms with Gasteiger partial charge in [0, 0.05) is 19.3 Å². The molecule has 1 fully saturated rings. The van der Waals surface area contributed by atoms with Crippen LogP contribution < -0.4 is 15.8 Å². The molecule has 5 nitrogen and oxygen atoms in total. The van der Waals surface area contributed by atoms with Crippen LogP contribution >= 0.6 is 0 Å². The number of benzene rings is 1. The minimum absolute atomic E-state index is 0.109. The molecule has 1 aliphatic carbocycles. The minimum atomic E-state index is -0.184. The zero-order valence-corrected chi connectivity index (χ0v) is 12.2. The monoisotopic (exact) mass is 277 g/mol. The van der Waals surface area contributed by atoms with E-state index < -0.39 is 0 Å². The van der Waals surface area contributed by atoms with Gasteiger partial charge in [-0.3, -0.25) is 0 Å². The Balaban J connectivity index is 2.03. The highest BCUT2D eigenvalue weighted by Gasteiger charge is 2.38. The SMILES string of the molecule is COc1ccc(NC(=O)N(C)C2(CN)CCCC2)cc1. The number of amides is 2. The van der Waals surface area contributed by atoms with Crippen molar-refractivity contribution in [1.82, 2.24) is 4.90 Å². The number of nitrogens with two attached hydrogens (primary N) is 1. The molecule has 0 bridgehead atoms. The number of likely N-dealkylation sites (N-methyl/N-ethyl adjacent to an activating group) is 1. The Bertz CT molecular complexity index is 453. The van der Waals surface area contributed by atoms with Crippen LogP contribution in [0.2, 0.25) is 0 Å². The zero-order chi connectivity index (χ0) is 14.6. The summed E-state index contributed by atoms with van der Waals surface area (Å²) >= 11 is 0. The Morgan fingerprint density at radius 1 is 1.35 bits per heavy atom. The topological polar surface area (TPSA) is 67.6 Å². The number of carbonyl (C=O) groups excluding carboxylic acids is 1. The summed E-state index contributed by atoms with van der Waals surface area (Å²) in [5.41, 5.74) is 6.47. The quantitative estimate of drug-likeness (QED) is 0.888. The average molecular weight is 277 g/mol. The van der Waals surface area contributed by atoms with Gasteiger partial charge in [-0.1, -0.05) is 12.8 Å². The number of nitrogens with one attached hydrogen (secondary N) is 1. The molecule has 0 aromatic heterocycles. The van der Waals surface area contributed by atoms with Crippen molar-refractivity contribution in [3.63, 3.8) is 0 Å². The van der Waals surface area contributed by atoms with Crippen molar-refractivity contribution in [2.24, 2.45) is 5.73 Å². The molecule has 1 aliphatic rings. The predicted octanol–water partition coefficient (Wildman–Crippen LogP) is 2.43. The molecule has 0 spiro atoms. The van der Waals surface area contributed by atoms with Gasteiger partial charge in [-0.05, 0) is 37.1 Å². The Morgan fingerprint density at radius 2 is 1.95 bits per heavy atom. The Morgan fingerprint density at radius 3 is 2.45 bits per heavy atom. The van der Waals surface area contributed by atoms with Crippen LogP contribution in [-0.4, -0.2) is 37.2 Å². The van der Waals surface area contributed by atoms with Gasteiger partial charge < -0.3 is 20.7 Å². The molecule has 110 valence electrons. The number of methoxy groups -OCH3 is 1. The van der Waals surface area contributed by atoms with Gasteiger partial charge in [-0.15, -0.1) is 0 Å². The van der Waals surface area contributed by atoms with Gasteiger partial charge in [-0.25, -0.2) is 4.79 Å². The molecular formula is C15H23N3O2. The fourth-order valence-electron chi connectivity index (χ4n) is 2.81. The number of rotatable bonds is 4.